The number of nitrogens with two attached hydrogens (primary N) is 1. The van der Waals surface area contributed by atoms with Crippen LogP contribution in [-0.2, 0) is 0 Å². The van der Waals surface area contributed by atoms with Crippen molar-refractivity contribution in [3.05, 3.63) is 54.2 Å². The number of hydrogen-bond donors (Lipinski definition) is 1. The predicted octanol–water partition coefficient (Wildman–Crippen LogP) is 3.36. The molecule has 22 heavy (non-hydrogen) atoms. The Morgan fingerprint density at radius 1 is 1.00 bits per heavy atom. The first-order valence-corrected chi connectivity index (χ1v) is 6.94. The highest BCUT2D eigenvalue weighted by Gasteiger charge is 2.06. The number of halogens is 1. The molecule has 0 aliphatic carbocycles. The van der Waals surface area contributed by atoms with E-state index in [2.05, 4.69) is 34.2 Å². The van der Waals surface area contributed by atoms with Crippen molar-refractivity contribution in [2.75, 3.05) is 13.2 Å². The van der Waals surface area contributed by atoms with Crippen LogP contribution in [0.2, 0.25) is 0 Å². The summed E-state index contributed by atoms with van der Waals surface area (Å²) in [6.07, 6.45) is 0. The van der Waals surface area contributed by atoms with Gasteiger partial charge in [0.15, 0.2) is 5.82 Å². The fourth-order valence-electron chi connectivity index (χ4n) is 2.23. The lowest BCUT2D eigenvalue weighted by molar-refractivity contribution is 0.315. The molecule has 0 aliphatic rings. The molecule has 2 aromatic carbocycles. The van der Waals surface area contributed by atoms with Crippen LogP contribution in [0.1, 0.15) is 5.69 Å². The Hall–Kier alpha value is -2.17. The van der Waals surface area contributed by atoms with Gasteiger partial charge in [0.1, 0.15) is 6.61 Å². The van der Waals surface area contributed by atoms with E-state index in [1.54, 1.807) is 0 Å². The number of aromatic nitrogens is 2. The zero-order chi connectivity index (χ0) is 14.7. The number of aryl methyl sites for hydroxylation is 1. The number of ether oxygens (including phenoxy) is 1. The Kier molecular flexibility index (Phi) is 5.31. The van der Waals surface area contributed by atoms with E-state index < -0.39 is 0 Å². The molecule has 4 nitrogen and oxygen atoms in total. The van der Waals surface area contributed by atoms with Gasteiger partial charge in [-0.1, -0.05) is 36.4 Å². The van der Waals surface area contributed by atoms with Crippen LogP contribution in [0, 0.1) is 6.92 Å². The summed E-state index contributed by atoms with van der Waals surface area (Å²) < 4.78 is 5.51. The van der Waals surface area contributed by atoms with E-state index in [-0.39, 0.29) is 12.4 Å². The van der Waals surface area contributed by atoms with Crippen LogP contribution in [-0.4, -0.2) is 23.1 Å². The maximum atomic E-state index is 5.51. The molecule has 0 amide bonds. The van der Waals surface area contributed by atoms with Crippen LogP contribution in [0.5, 0.6) is 5.88 Å². The van der Waals surface area contributed by atoms with Gasteiger partial charge in [-0.05, 0) is 23.8 Å². The van der Waals surface area contributed by atoms with E-state index in [1.165, 1.54) is 10.8 Å². The molecule has 0 aliphatic heterocycles. The summed E-state index contributed by atoms with van der Waals surface area (Å²) in [5.41, 5.74) is 7.31. The predicted molar refractivity (Wildman–Crippen MR) is 91.5 cm³/mol. The second-order valence-corrected chi connectivity index (χ2v) is 4.87. The highest BCUT2D eigenvalue weighted by molar-refractivity contribution is 5.86. The van der Waals surface area contributed by atoms with Crippen molar-refractivity contribution in [3.8, 4) is 17.3 Å². The monoisotopic (exact) mass is 315 g/mol. The van der Waals surface area contributed by atoms with Gasteiger partial charge in [0, 0.05) is 23.9 Å². The van der Waals surface area contributed by atoms with E-state index >= 15 is 0 Å². The van der Waals surface area contributed by atoms with Crippen molar-refractivity contribution in [1.29, 1.82) is 0 Å². The number of rotatable bonds is 4. The third kappa shape index (κ3) is 3.53. The number of nitrogens with zero attached hydrogens (tertiary/aromatic N) is 2. The molecule has 5 heteroatoms. The number of hydrogen-bond acceptors (Lipinski definition) is 4. The first kappa shape index (κ1) is 16.2. The summed E-state index contributed by atoms with van der Waals surface area (Å²) >= 11 is 0. The second kappa shape index (κ2) is 7.20. The van der Waals surface area contributed by atoms with Gasteiger partial charge in [-0.15, -0.1) is 12.4 Å². The molecule has 0 spiro atoms. The fraction of sp³-hybridized carbons (Fsp3) is 0.176. The van der Waals surface area contributed by atoms with Gasteiger partial charge in [-0.2, -0.15) is 4.98 Å². The topological polar surface area (TPSA) is 61.0 Å². The van der Waals surface area contributed by atoms with Gasteiger partial charge in [-0.3, -0.25) is 0 Å². The van der Waals surface area contributed by atoms with Crippen molar-refractivity contribution >= 4 is 23.2 Å². The molecule has 3 aromatic rings. The fourth-order valence-corrected chi connectivity index (χ4v) is 2.23. The summed E-state index contributed by atoms with van der Waals surface area (Å²) in [5.74, 6) is 1.24. The van der Waals surface area contributed by atoms with Gasteiger partial charge in [0.2, 0.25) is 5.88 Å². The maximum Gasteiger partial charge on any atom is 0.217 e. The SMILES string of the molecule is Cc1cc(OCCN)nc(-c2ccc3ccccc3c2)n1.Cl. The molecule has 0 unspecified atom stereocenters. The Morgan fingerprint density at radius 2 is 1.77 bits per heavy atom. The highest BCUT2D eigenvalue weighted by atomic mass is 35.5. The minimum Gasteiger partial charge on any atom is -0.476 e. The smallest absolute Gasteiger partial charge is 0.217 e. The largest absolute Gasteiger partial charge is 0.476 e. The molecule has 0 saturated heterocycles. The van der Waals surface area contributed by atoms with Crippen molar-refractivity contribution in [2.45, 2.75) is 6.92 Å². The van der Waals surface area contributed by atoms with E-state index in [0.717, 1.165) is 11.3 Å². The van der Waals surface area contributed by atoms with Gasteiger partial charge in [-0.25, -0.2) is 4.98 Å². The van der Waals surface area contributed by atoms with Gasteiger partial charge in [0.05, 0.1) is 0 Å². The lowest BCUT2D eigenvalue weighted by atomic mass is 10.1. The minimum absolute atomic E-state index is 0. The molecule has 1 aromatic heterocycles. The average Bonchev–Trinajstić information content (AvgIpc) is 2.52. The van der Waals surface area contributed by atoms with Crippen LogP contribution in [0.15, 0.2) is 48.5 Å². The Balaban J connectivity index is 0.00000176. The van der Waals surface area contributed by atoms with E-state index in [4.69, 9.17) is 10.5 Å². The summed E-state index contributed by atoms with van der Waals surface area (Å²) in [6.45, 7) is 2.85. The molecule has 0 bridgehead atoms. The second-order valence-electron chi connectivity index (χ2n) is 4.87. The molecular weight excluding hydrogens is 298 g/mol. The van der Waals surface area contributed by atoms with E-state index in [1.807, 2.05) is 31.2 Å². The standard InChI is InChI=1S/C17H17N3O.ClH/c1-12-10-16(21-9-8-18)20-17(19-12)15-7-6-13-4-2-3-5-14(13)11-15;/h2-7,10-11H,8-9,18H2,1H3;1H. The number of benzene rings is 2. The summed E-state index contributed by atoms with van der Waals surface area (Å²) in [6, 6.07) is 16.3. The Labute approximate surface area is 135 Å². The minimum atomic E-state index is 0. The van der Waals surface area contributed by atoms with E-state index in [9.17, 15) is 0 Å². The van der Waals surface area contributed by atoms with Crippen molar-refractivity contribution in [2.24, 2.45) is 5.73 Å². The van der Waals surface area contributed by atoms with Crippen molar-refractivity contribution < 1.29 is 4.74 Å². The Bertz CT molecular complexity index is 777. The zero-order valence-corrected chi connectivity index (χ0v) is 13.1. The number of fused-ring (bicyclic) bond motifs is 1. The lowest BCUT2D eigenvalue weighted by Gasteiger charge is -2.08. The first-order chi connectivity index (χ1) is 10.3. The summed E-state index contributed by atoms with van der Waals surface area (Å²) in [7, 11) is 0. The van der Waals surface area contributed by atoms with Gasteiger partial charge < -0.3 is 10.5 Å². The van der Waals surface area contributed by atoms with Gasteiger partial charge >= 0.3 is 0 Å². The van der Waals surface area contributed by atoms with Crippen LogP contribution < -0.4 is 10.5 Å². The lowest BCUT2D eigenvalue weighted by Crippen LogP contribution is -2.11. The molecule has 0 radical (unpaired) electrons. The highest BCUT2D eigenvalue weighted by Crippen LogP contribution is 2.23. The third-order valence-electron chi connectivity index (χ3n) is 3.21. The quantitative estimate of drug-likeness (QED) is 0.802. The molecule has 0 atom stereocenters. The van der Waals surface area contributed by atoms with Crippen LogP contribution in [0.3, 0.4) is 0 Å². The molecular formula is C17H18ClN3O. The van der Waals surface area contributed by atoms with E-state index in [0.29, 0.717) is 24.9 Å². The van der Waals surface area contributed by atoms with Crippen LogP contribution in [0.25, 0.3) is 22.2 Å². The average molecular weight is 316 g/mol. The molecule has 3 rings (SSSR count). The first-order valence-electron chi connectivity index (χ1n) is 6.94. The molecule has 0 saturated carbocycles. The Morgan fingerprint density at radius 3 is 2.55 bits per heavy atom. The van der Waals surface area contributed by atoms with Crippen LogP contribution >= 0.6 is 12.4 Å². The molecule has 2 N–H and O–H groups in total. The van der Waals surface area contributed by atoms with Crippen molar-refractivity contribution in [1.82, 2.24) is 9.97 Å². The molecule has 0 fully saturated rings. The van der Waals surface area contributed by atoms with Crippen LogP contribution in [0.4, 0.5) is 0 Å². The van der Waals surface area contributed by atoms with Gasteiger partial charge in [0.25, 0.3) is 0 Å². The normalized spacial score (nSPS) is 10.3. The molecule has 1 heterocycles. The maximum absolute atomic E-state index is 5.51. The summed E-state index contributed by atoms with van der Waals surface area (Å²) in [4.78, 5) is 8.96. The zero-order valence-electron chi connectivity index (χ0n) is 12.3. The molecule has 114 valence electrons. The van der Waals surface area contributed by atoms with Crippen molar-refractivity contribution in [3.63, 3.8) is 0 Å². The summed E-state index contributed by atoms with van der Waals surface area (Å²) in [5, 5.41) is 2.37. The third-order valence-corrected chi connectivity index (χ3v) is 3.21.